The van der Waals surface area contributed by atoms with Crippen molar-refractivity contribution in [3.63, 3.8) is 0 Å². The second-order valence-corrected chi connectivity index (χ2v) is 5.08. The van der Waals surface area contributed by atoms with Gasteiger partial charge in [0, 0.05) is 5.39 Å². The van der Waals surface area contributed by atoms with E-state index in [1.807, 2.05) is 29.2 Å². The highest BCUT2D eigenvalue weighted by Crippen LogP contribution is 2.27. The monoisotopic (exact) mass is 275 g/mol. The van der Waals surface area contributed by atoms with Crippen LogP contribution in [0.15, 0.2) is 28.7 Å². The lowest BCUT2D eigenvalue weighted by atomic mass is 10.2. The fourth-order valence-electron chi connectivity index (χ4n) is 2.78. The molecule has 1 aliphatic heterocycles. The Kier molecular flexibility index (Phi) is 3.36. The van der Waals surface area contributed by atoms with Crippen molar-refractivity contribution < 1.29 is 19.1 Å². The maximum Gasteiger partial charge on any atom is 0.320 e. The second kappa shape index (κ2) is 5.17. The highest BCUT2D eigenvalue weighted by molar-refractivity contribution is 5.79. The number of fused-ring (bicyclic) bond motifs is 1. The molecule has 3 rings (SSSR count). The second-order valence-electron chi connectivity index (χ2n) is 5.08. The molecule has 0 unspecified atom stereocenters. The molecule has 1 fully saturated rings. The van der Waals surface area contributed by atoms with Gasteiger partial charge >= 0.3 is 5.97 Å². The van der Waals surface area contributed by atoms with Crippen LogP contribution in [-0.2, 0) is 11.3 Å². The van der Waals surface area contributed by atoms with Crippen molar-refractivity contribution in [1.29, 1.82) is 0 Å². The number of aliphatic carboxylic acids is 1. The molecule has 0 spiro atoms. The van der Waals surface area contributed by atoms with Crippen LogP contribution in [-0.4, -0.2) is 35.7 Å². The number of carbonyl (C=O) groups is 1. The summed E-state index contributed by atoms with van der Waals surface area (Å²) in [5.74, 6) is 0.830. The van der Waals surface area contributed by atoms with Crippen LogP contribution in [0.5, 0.6) is 5.75 Å². The van der Waals surface area contributed by atoms with E-state index in [1.54, 1.807) is 7.11 Å². The maximum absolute atomic E-state index is 11.2. The number of methoxy groups -OCH3 is 1. The smallest absolute Gasteiger partial charge is 0.320 e. The minimum absolute atomic E-state index is 0.391. The largest absolute Gasteiger partial charge is 0.497 e. The van der Waals surface area contributed by atoms with Crippen LogP contribution >= 0.6 is 0 Å². The molecule has 0 bridgehead atoms. The summed E-state index contributed by atoms with van der Waals surface area (Å²) in [5.41, 5.74) is 0.798. The van der Waals surface area contributed by atoms with Gasteiger partial charge in [-0.2, -0.15) is 0 Å². The lowest BCUT2D eigenvalue weighted by molar-refractivity contribution is -0.142. The van der Waals surface area contributed by atoms with Crippen LogP contribution < -0.4 is 4.74 Å². The van der Waals surface area contributed by atoms with Crippen LogP contribution in [0, 0.1) is 0 Å². The number of likely N-dealkylation sites (tertiary alicyclic amines) is 1. The van der Waals surface area contributed by atoms with E-state index in [0.717, 1.165) is 35.4 Å². The zero-order valence-corrected chi connectivity index (χ0v) is 11.3. The van der Waals surface area contributed by atoms with Gasteiger partial charge in [0.25, 0.3) is 0 Å². The average Bonchev–Trinajstić information content (AvgIpc) is 3.03. The molecule has 1 aromatic carbocycles. The summed E-state index contributed by atoms with van der Waals surface area (Å²) in [6, 6.07) is 7.20. The Balaban J connectivity index is 1.82. The molecule has 5 heteroatoms. The molecular formula is C15H17NO4. The number of rotatable bonds is 4. The van der Waals surface area contributed by atoms with Crippen LogP contribution in [0.2, 0.25) is 0 Å². The molecule has 1 atom stereocenters. The summed E-state index contributed by atoms with van der Waals surface area (Å²) in [7, 11) is 1.63. The topological polar surface area (TPSA) is 62.9 Å². The summed E-state index contributed by atoms with van der Waals surface area (Å²) in [4.78, 5) is 13.1. The zero-order chi connectivity index (χ0) is 14.1. The summed E-state index contributed by atoms with van der Waals surface area (Å²) in [5, 5.41) is 10.2. The van der Waals surface area contributed by atoms with E-state index < -0.39 is 12.0 Å². The van der Waals surface area contributed by atoms with Crippen molar-refractivity contribution >= 4 is 16.9 Å². The maximum atomic E-state index is 11.2. The standard InChI is InChI=1S/C15H17NO4/c1-19-11-4-5-14-10(7-11)8-12(20-14)9-16-6-2-3-13(16)15(17)18/h4-5,7-8,13H,2-3,6,9H2,1H3,(H,17,18)/t13-/m0/s1. The third-order valence-corrected chi connectivity index (χ3v) is 3.78. The first-order valence-corrected chi connectivity index (χ1v) is 6.70. The molecule has 0 saturated carbocycles. The Morgan fingerprint density at radius 2 is 2.35 bits per heavy atom. The Morgan fingerprint density at radius 1 is 1.50 bits per heavy atom. The SMILES string of the molecule is COc1ccc2oc(CN3CCC[C@H]3C(=O)O)cc2c1. The predicted molar refractivity (Wildman–Crippen MR) is 73.8 cm³/mol. The summed E-state index contributed by atoms with van der Waals surface area (Å²) < 4.78 is 11.0. The number of carboxylic acid groups (broad SMARTS) is 1. The van der Waals surface area contributed by atoms with Crippen molar-refractivity contribution in [3.8, 4) is 5.75 Å². The van der Waals surface area contributed by atoms with Gasteiger partial charge < -0.3 is 14.3 Å². The number of hydrogen-bond donors (Lipinski definition) is 1. The van der Waals surface area contributed by atoms with Gasteiger partial charge in [0.1, 0.15) is 23.1 Å². The zero-order valence-electron chi connectivity index (χ0n) is 11.3. The highest BCUT2D eigenvalue weighted by atomic mass is 16.5. The fourth-order valence-corrected chi connectivity index (χ4v) is 2.78. The van der Waals surface area contributed by atoms with Gasteiger partial charge in [0.2, 0.25) is 0 Å². The van der Waals surface area contributed by atoms with Gasteiger partial charge in [-0.05, 0) is 43.7 Å². The third-order valence-electron chi connectivity index (χ3n) is 3.78. The molecule has 1 aromatic heterocycles. The molecule has 1 saturated heterocycles. The molecule has 5 nitrogen and oxygen atoms in total. The van der Waals surface area contributed by atoms with E-state index in [1.165, 1.54) is 0 Å². The number of hydrogen-bond acceptors (Lipinski definition) is 4. The van der Waals surface area contributed by atoms with Crippen molar-refractivity contribution in [1.82, 2.24) is 4.90 Å². The van der Waals surface area contributed by atoms with Crippen molar-refractivity contribution in [2.75, 3.05) is 13.7 Å². The quantitative estimate of drug-likeness (QED) is 0.928. The van der Waals surface area contributed by atoms with Gasteiger partial charge in [-0.3, -0.25) is 9.69 Å². The molecule has 2 aromatic rings. The molecule has 0 radical (unpaired) electrons. The molecule has 0 aliphatic carbocycles. The molecular weight excluding hydrogens is 258 g/mol. The minimum atomic E-state index is -0.750. The minimum Gasteiger partial charge on any atom is -0.497 e. The van der Waals surface area contributed by atoms with Gasteiger partial charge in [-0.25, -0.2) is 0 Å². The number of carboxylic acids is 1. The molecule has 20 heavy (non-hydrogen) atoms. The molecule has 2 heterocycles. The van der Waals surface area contributed by atoms with Gasteiger partial charge in [-0.1, -0.05) is 0 Å². The van der Waals surface area contributed by atoms with E-state index in [0.29, 0.717) is 13.0 Å². The van der Waals surface area contributed by atoms with Gasteiger partial charge in [0.05, 0.1) is 13.7 Å². The number of furan rings is 1. The van der Waals surface area contributed by atoms with E-state index in [4.69, 9.17) is 9.15 Å². The predicted octanol–water partition coefficient (Wildman–Crippen LogP) is 2.49. The fraction of sp³-hybridized carbons (Fsp3) is 0.400. The van der Waals surface area contributed by atoms with E-state index in [9.17, 15) is 9.90 Å². The van der Waals surface area contributed by atoms with E-state index in [2.05, 4.69) is 0 Å². The molecule has 1 aliphatic rings. The first-order valence-electron chi connectivity index (χ1n) is 6.70. The first-order chi connectivity index (χ1) is 9.67. The average molecular weight is 275 g/mol. The molecule has 1 N–H and O–H groups in total. The number of nitrogens with zero attached hydrogens (tertiary/aromatic N) is 1. The molecule has 0 amide bonds. The normalized spacial score (nSPS) is 19.6. The van der Waals surface area contributed by atoms with Crippen LogP contribution in [0.25, 0.3) is 11.0 Å². The van der Waals surface area contributed by atoms with Gasteiger partial charge in [-0.15, -0.1) is 0 Å². The van der Waals surface area contributed by atoms with Crippen molar-refractivity contribution in [2.24, 2.45) is 0 Å². The Morgan fingerprint density at radius 3 is 3.10 bits per heavy atom. The lowest BCUT2D eigenvalue weighted by Gasteiger charge is -2.19. The van der Waals surface area contributed by atoms with E-state index in [-0.39, 0.29) is 0 Å². The third kappa shape index (κ3) is 2.36. The summed E-state index contributed by atoms with van der Waals surface area (Å²) in [6.45, 7) is 1.34. The van der Waals surface area contributed by atoms with Crippen LogP contribution in [0.3, 0.4) is 0 Å². The summed E-state index contributed by atoms with van der Waals surface area (Å²) in [6.07, 6.45) is 1.63. The first kappa shape index (κ1) is 13.0. The number of benzene rings is 1. The Bertz CT molecular complexity index is 634. The Labute approximate surface area is 116 Å². The van der Waals surface area contributed by atoms with Crippen molar-refractivity contribution in [3.05, 3.63) is 30.0 Å². The lowest BCUT2D eigenvalue weighted by Crippen LogP contribution is -2.35. The van der Waals surface area contributed by atoms with Gasteiger partial charge in [0.15, 0.2) is 0 Å². The highest BCUT2D eigenvalue weighted by Gasteiger charge is 2.30. The number of ether oxygens (including phenoxy) is 1. The summed E-state index contributed by atoms with van der Waals surface area (Å²) >= 11 is 0. The van der Waals surface area contributed by atoms with E-state index >= 15 is 0 Å². The molecule has 106 valence electrons. The van der Waals surface area contributed by atoms with Crippen LogP contribution in [0.4, 0.5) is 0 Å². The Hall–Kier alpha value is -2.01. The van der Waals surface area contributed by atoms with Crippen molar-refractivity contribution in [2.45, 2.75) is 25.4 Å². The van der Waals surface area contributed by atoms with Crippen LogP contribution in [0.1, 0.15) is 18.6 Å².